The first-order valence-corrected chi connectivity index (χ1v) is 7.26. The summed E-state index contributed by atoms with van der Waals surface area (Å²) in [6.07, 6.45) is 6.13. The molecular weight excluding hydrogens is 214 g/mol. The molecule has 0 heterocycles. The van der Waals surface area contributed by atoms with Gasteiger partial charge in [-0.15, -0.1) is 0 Å². The summed E-state index contributed by atoms with van der Waals surface area (Å²) in [6, 6.07) is 0. The van der Waals surface area contributed by atoms with Crippen molar-refractivity contribution in [3.8, 4) is 0 Å². The molecule has 5 heteroatoms. The lowest BCUT2D eigenvalue weighted by molar-refractivity contribution is 0.110. The summed E-state index contributed by atoms with van der Waals surface area (Å²) in [4.78, 5) is 0. The van der Waals surface area contributed by atoms with Gasteiger partial charge in [0, 0.05) is 0 Å². The second kappa shape index (κ2) is 4.03. The predicted octanol–water partition coefficient (Wildman–Crippen LogP) is 0.763. The van der Waals surface area contributed by atoms with Gasteiger partial charge in [0.25, 0.3) is 0 Å². The van der Waals surface area contributed by atoms with Gasteiger partial charge in [0.2, 0.25) is 10.0 Å². The lowest BCUT2D eigenvalue weighted by atomic mass is 9.78. The minimum atomic E-state index is -3.20. The van der Waals surface area contributed by atoms with E-state index in [9.17, 15) is 13.5 Å². The number of nitrogens with one attached hydrogen (secondary N) is 1. The van der Waals surface area contributed by atoms with E-state index in [2.05, 4.69) is 4.72 Å². The molecule has 0 saturated heterocycles. The molecule has 0 aromatic carbocycles. The third-order valence-electron chi connectivity index (χ3n) is 3.71. The van der Waals surface area contributed by atoms with Crippen molar-refractivity contribution in [3.05, 3.63) is 0 Å². The molecule has 88 valence electrons. The molecule has 0 aromatic heterocycles. The molecule has 2 aliphatic carbocycles. The summed E-state index contributed by atoms with van der Waals surface area (Å²) in [7, 11) is -3.20. The molecular formula is C10H19NO3S. The number of aliphatic hydroxyl groups excluding tert-OH is 1. The Bertz CT molecular complexity index is 310. The molecule has 2 rings (SSSR count). The summed E-state index contributed by atoms with van der Waals surface area (Å²) in [5, 5.41) is 8.99. The molecule has 4 nitrogen and oxygen atoms in total. The highest BCUT2D eigenvalue weighted by molar-refractivity contribution is 7.90. The maximum Gasteiger partial charge on any atom is 0.215 e. The average Bonchev–Trinajstić information content (AvgIpc) is 2.64. The fourth-order valence-electron chi connectivity index (χ4n) is 2.48. The molecule has 0 bridgehead atoms. The van der Waals surface area contributed by atoms with Crippen LogP contribution in [0.25, 0.3) is 0 Å². The van der Waals surface area contributed by atoms with E-state index in [0.29, 0.717) is 0 Å². The number of hydrogen-bond donors (Lipinski definition) is 2. The molecule has 2 N–H and O–H groups in total. The highest BCUT2D eigenvalue weighted by Gasteiger charge is 2.42. The lowest BCUT2D eigenvalue weighted by Crippen LogP contribution is -2.57. The van der Waals surface area contributed by atoms with Gasteiger partial charge in [-0.2, -0.15) is 0 Å². The first-order valence-electron chi connectivity index (χ1n) is 5.72. The maximum atomic E-state index is 12.0. The smallest absolute Gasteiger partial charge is 0.215 e. The molecule has 0 unspecified atom stereocenters. The van der Waals surface area contributed by atoms with E-state index in [-0.39, 0.29) is 11.9 Å². The lowest BCUT2D eigenvalue weighted by Gasteiger charge is -2.41. The van der Waals surface area contributed by atoms with E-state index in [4.69, 9.17) is 0 Å². The van der Waals surface area contributed by atoms with Crippen LogP contribution in [0.1, 0.15) is 44.9 Å². The molecule has 0 aromatic rings. The topological polar surface area (TPSA) is 66.4 Å². The zero-order valence-corrected chi connectivity index (χ0v) is 9.72. The van der Waals surface area contributed by atoms with Crippen LogP contribution in [0.15, 0.2) is 0 Å². The van der Waals surface area contributed by atoms with Crippen LogP contribution >= 0.6 is 0 Å². The second-order valence-electron chi connectivity index (χ2n) is 4.85. The Kier molecular flexibility index (Phi) is 3.05. The van der Waals surface area contributed by atoms with Crippen molar-refractivity contribution in [3.63, 3.8) is 0 Å². The molecule has 2 saturated carbocycles. The average molecular weight is 233 g/mol. The van der Waals surface area contributed by atoms with Gasteiger partial charge in [-0.05, 0) is 32.1 Å². The quantitative estimate of drug-likeness (QED) is 0.753. The van der Waals surface area contributed by atoms with Crippen LogP contribution in [0, 0.1) is 0 Å². The van der Waals surface area contributed by atoms with Crippen molar-refractivity contribution in [1.29, 1.82) is 0 Å². The predicted molar refractivity (Wildman–Crippen MR) is 58.0 cm³/mol. The number of sulfonamides is 1. The van der Waals surface area contributed by atoms with Gasteiger partial charge in [0.15, 0.2) is 0 Å². The Morgan fingerprint density at radius 3 is 2.20 bits per heavy atom. The summed E-state index contributed by atoms with van der Waals surface area (Å²) in [6.45, 7) is -0.0705. The van der Waals surface area contributed by atoms with E-state index >= 15 is 0 Å². The molecule has 0 aliphatic heterocycles. The Morgan fingerprint density at radius 1 is 1.20 bits per heavy atom. The van der Waals surface area contributed by atoms with Crippen LogP contribution in [0.5, 0.6) is 0 Å². The first kappa shape index (κ1) is 11.4. The van der Waals surface area contributed by atoms with Gasteiger partial charge in [0.05, 0.1) is 17.4 Å². The zero-order valence-electron chi connectivity index (χ0n) is 8.91. The molecule has 0 spiro atoms. The van der Waals surface area contributed by atoms with Gasteiger partial charge in [-0.25, -0.2) is 13.1 Å². The van der Waals surface area contributed by atoms with Crippen molar-refractivity contribution in [2.45, 2.75) is 55.7 Å². The van der Waals surface area contributed by atoms with Crippen LogP contribution in [0.2, 0.25) is 0 Å². The van der Waals surface area contributed by atoms with Crippen LogP contribution < -0.4 is 4.72 Å². The number of hydrogen-bond acceptors (Lipinski definition) is 3. The van der Waals surface area contributed by atoms with E-state index in [1.165, 1.54) is 0 Å². The van der Waals surface area contributed by atoms with E-state index in [0.717, 1.165) is 44.9 Å². The van der Waals surface area contributed by atoms with Crippen molar-refractivity contribution in [2.75, 3.05) is 6.61 Å². The SMILES string of the molecule is O=S(=O)(NC1(CO)CCC1)C1CCCC1. The molecule has 0 atom stereocenters. The van der Waals surface area contributed by atoms with Crippen molar-refractivity contribution >= 4 is 10.0 Å². The Labute approximate surface area is 91.1 Å². The normalized spacial score (nSPS) is 26.5. The Balaban J connectivity index is 2.03. The molecule has 2 aliphatic rings. The van der Waals surface area contributed by atoms with Crippen LogP contribution in [-0.4, -0.2) is 30.9 Å². The Hall–Kier alpha value is -0.130. The summed E-state index contributed by atoms with van der Waals surface area (Å²) in [5.74, 6) is 0. The van der Waals surface area contributed by atoms with Gasteiger partial charge >= 0.3 is 0 Å². The van der Waals surface area contributed by atoms with E-state index < -0.39 is 15.6 Å². The van der Waals surface area contributed by atoms with E-state index in [1.807, 2.05) is 0 Å². The highest BCUT2D eigenvalue weighted by Crippen LogP contribution is 2.34. The fraction of sp³-hybridized carbons (Fsp3) is 1.00. The molecule has 0 amide bonds. The molecule has 2 fully saturated rings. The highest BCUT2D eigenvalue weighted by atomic mass is 32.2. The van der Waals surface area contributed by atoms with Crippen molar-refractivity contribution in [2.24, 2.45) is 0 Å². The van der Waals surface area contributed by atoms with Gasteiger partial charge in [0.1, 0.15) is 0 Å². The van der Waals surface area contributed by atoms with Crippen molar-refractivity contribution in [1.82, 2.24) is 4.72 Å². The van der Waals surface area contributed by atoms with Crippen molar-refractivity contribution < 1.29 is 13.5 Å². The monoisotopic (exact) mass is 233 g/mol. The van der Waals surface area contributed by atoms with Crippen LogP contribution in [-0.2, 0) is 10.0 Å². The third kappa shape index (κ3) is 2.19. The van der Waals surface area contributed by atoms with Gasteiger partial charge in [-0.3, -0.25) is 0 Å². The third-order valence-corrected chi connectivity index (χ3v) is 5.78. The maximum absolute atomic E-state index is 12.0. The number of aliphatic hydroxyl groups is 1. The first-order chi connectivity index (χ1) is 7.08. The van der Waals surface area contributed by atoms with Crippen LogP contribution in [0.4, 0.5) is 0 Å². The largest absolute Gasteiger partial charge is 0.394 e. The molecule has 0 radical (unpaired) electrons. The minimum Gasteiger partial charge on any atom is -0.394 e. The standard InChI is InChI=1S/C10H19NO3S/c12-8-10(6-3-7-10)11-15(13,14)9-4-1-2-5-9/h9,11-12H,1-8H2. The summed E-state index contributed by atoms with van der Waals surface area (Å²) < 4.78 is 26.7. The molecule has 15 heavy (non-hydrogen) atoms. The van der Waals surface area contributed by atoms with Crippen LogP contribution in [0.3, 0.4) is 0 Å². The zero-order chi connectivity index (χ0) is 10.9. The number of rotatable bonds is 4. The van der Waals surface area contributed by atoms with E-state index in [1.54, 1.807) is 0 Å². The minimum absolute atomic E-state index is 0.0705. The van der Waals surface area contributed by atoms with Gasteiger partial charge in [-0.1, -0.05) is 12.8 Å². The fourth-order valence-corrected chi connectivity index (χ4v) is 4.47. The van der Waals surface area contributed by atoms with Gasteiger partial charge < -0.3 is 5.11 Å². The summed E-state index contributed by atoms with van der Waals surface area (Å²) >= 11 is 0. The summed E-state index contributed by atoms with van der Waals surface area (Å²) in [5.41, 5.74) is -0.526. The Morgan fingerprint density at radius 2 is 1.80 bits per heavy atom. The second-order valence-corrected chi connectivity index (χ2v) is 6.81.